The first-order valence-electron chi connectivity index (χ1n) is 7.97. The summed E-state index contributed by atoms with van der Waals surface area (Å²) in [5.41, 5.74) is 0.144. The van der Waals surface area contributed by atoms with Crippen molar-refractivity contribution >= 4 is 33.3 Å². The summed E-state index contributed by atoms with van der Waals surface area (Å²) in [5, 5.41) is 7.33. The van der Waals surface area contributed by atoms with Crippen LogP contribution in [0.25, 0.3) is 10.1 Å². The summed E-state index contributed by atoms with van der Waals surface area (Å²) in [5.74, 6) is -1.07. The van der Waals surface area contributed by atoms with Crippen molar-refractivity contribution in [1.82, 2.24) is 15.1 Å². The minimum atomic E-state index is -0.948. The lowest BCUT2D eigenvalue weighted by Crippen LogP contribution is -2.46. The first-order valence-corrected chi connectivity index (χ1v) is 8.78. The Hall–Kier alpha value is -2.22. The van der Waals surface area contributed by atoms with E-state index in [0.717, 1.165) is 19.8 Å². The number of carbonyl (C=O) groups is 2. The molecule has 2 aromatic rings. The second-order valence-corrected chi connectivity index (χ2v) is 8.26. The van der Waals surface area contributed by atoms with Crippen LogP contribution in [0.5, 0.6) is 0 Å². The van der Waals surface area contributed by atoms with Gasteiger partial charge in [0.25, 0.3) is 11.5 Å². The number of thiophene rings is 1. The molecule has 0 aliphatic heterocycles. The molecule has 7 nitrogen and oxygen atoms in total. The zero-order chi connectivity index (χ0) is 18.9. The Bertz CT molecular complexity index is 876. The summed E-state index contributed by atoms with van der Waals surface area (Å²) in [6, 6.07) is 0. The standard InChI is InChI=1S/C17H23N3O4S/c1-9-11(3)25-12-7-18-20(16(23)14(9)12)8-13(21)24-10(2)15(22)19-17(4,5)6/h7,10H,8H2,1-6H3,(H,19,22)/t10-/m0/s1. The van der Waals surface area contributed by atoms with Crippen LogP contribution in [-0.4, -0.2) is 33.3 Å². The van der Waals surface area contributed by atoms with Gasteiger partial charge in [0.05, 0.1) is 16.3 Å². The lowest BCUT2D eigenvalue weighted by atomic mass is 10.1. The van der Waals surface area contributed by atoms with Crippen LogP contribution in [0, 0.1) is 13.8 Å². The second kappa shape index (κ2) is 6.95. The summed E-state index contributed by atoms with van der Waals surface area (Å²) in [6.45, 7) is 10.5. The van der Waals surface area contributed by atoms with Gasteiger partial charge in [-0.3, -0.25) is 14.4 Å². The molecule has 1 N–H and O–H groups in total. The summed E-state index contributed by atoms with van der Waals surface area (Å²) in [4.78, 5) is 37.6. The summed E-state index contributed by atoms with van der Waals surface area (Å²) >= 11 is 1.50. The fourth-order valence-electron chi connectivity index (χ4n) is 2.31. The topological polar surface area (TPSA) is 90.3 Å². The second-order valence-electron chi connectivity index (χ2n) is 7.00. The minimum Gasteiger partial charge on any atom is -0.451 e. The number of hydrogen-bond acceptors (Lipinski definition) is 6. The van der Waals surface area contributed by atoms with E-state index >= 15 is 0 Å². The molecule has 1 atom stereocenters. The first-order chi connectivity index (χ1) is 11.5. The lowest BCUT2D eigenvalue weighted by molar-refractivity contribution is -0.156. The Kier molecular flexibility index (Phi) is 5.31. The maximum absolute atomic E-state index is 12.5. The number of aryl methyl sites for hydroxylation is 2. The number of rotatable bonds is 4. The van der Waals surface area contributed by atoms with Crippen LogP contribution in [0.2, 0.25) is 0 Å². The van der Waals surface area contributed by atoms with E-state index in [-0.39, 0.29) is 18.0 Å². The van der Waals surface area contributed by atoms with Crippen molar-refractivity contribution in [2.75, 3.05) is 0 Å². The highest BCUT2D eigenvalue weighted by atomic mass is 32.1. The van der Waals surface area contributed by atoms with E-state index in [4.69, 9.17) is 4.74 Å². The van der Waals surface area contributed by atoms with Crippen LogP contribution < -0.4 is 10.9 Å². The number of fused-ring (bicyclic) bond motifs is 1. The van der Waals surface area contributed by atoms with Crippen LogP contribution in [0.1, 0.15) is 38.1 Å². The van der Waals surface area contributed by atoms with E-state index in [2.05, 4.69) is 10.4 Å². The first kappa shape index (κ1) is 19.1. The van der Waals surface area contributed by atoms with Crippen molar-refractivity contribution in [1.29, 1.82) is 0 Å². The average molecular weight is 365 g/mol. The van der Waals surface area contributed by atoms with E-state index < -0.39 is 17.6 Å². The molecule has 0 aromatic carbocycles. The van der Waals surface area contributed by atoms with Crippen LogP contribution in [0.3, 0.4) is 0 Å². The summed E-state index contributed by atoms with van der Waals surface area (Å²) < 4.78 is 6.98. The predicted octanol–water partition coefficient (Wildman–Crippen LogP) is 1.92. The third kappa shape index (κ3) is 4.45. The van der Waals surface area contributed by atoms with E-state index in [1.165, 1.54) is 18.3 Å². The van der Waals surface area contributed by atoms with Crippen molar-refractivity contribution in [2.24, 2.45) is 0 Å². The Balaban J connectivity index is 2.12. The molecule has 0 bridgehead atoms. The molecule has 1 amide bonds. The maximum atomic E-state index is 12.5. The molecular formula is C17H23N3O4S. The molecule has 0 saturated heterocycles. The van der Waals surface area contributed by atoms with E-state index in [0.29, 0.717) is 5.39 Å². The minimum absolute atomic E-state index is 0.330. The molecule has 2 aromatic heterocycles. The highest BCUT2D eigenvalue weighted by molar-refractivity contribution is 7.19. The molecule has 2 heterocycles. The average Bonchev–Trinajstić information content (AvgIpc) is 2.76. The molecule has 0 fully saturated rings. The number of ether oxygens (including phenoxy) is 1. The van der Waals surface area contributed by atoms with Crippen molar-refractivity contribution in [2.45, 2.75) is 59.7 Å². The fourth-order valence-corrected chi connectivity index (χ4v) is 3.34. The molecule has 0 spiro atoms. The largest absolute Gasteiger partial charge is 0.451 e. The van der Waals surface area contributed by atoms with Gasteiger partial charge < -0.3 is 10.1 Å². The van der Waals surface area contributed by atoms with Gasteiger partial charge in [0.1, 0.15) is 6.54 Å². The molecule has 0 aliphatic rings. The van der Waals surface area contributed by atoms with Gasteiger partial charge in [0.2, 0.25) is 0 Å². The van der Waals surface area contributed by atoms with Crippen LogP contribution in [0.4, 0.5) is 0 Å². The number of aromatic nitrogens is 2. The Morgan fingerprint density at radius 1 is 1.36 bits per heavy atom. The molecule has 2 rings (SSSR count). The van der Waals surface area contributed by atoms with Crippen molar-refractivity contribution < 1.29 is 14.3 Å². The highest BCUT2D eigenvalue weighted by Gasteiger charge is 2.23. The van der Waals surface area contributed by atoms with E-state index in [1.807, 2.05) is 34.6 Å². The predicted molar refractivity (Wildman–Crippen MR) is 96.8 cm³/mol. The maximum Gasteiger partial charge on any atom is 0.328 e. The monoisotopic (exact) mass is 365 g/mol. The lowest BCUT2D eigenvalue weighted by Gasteiger charge is -2.23. The molecule has 8 heteroatoms. The fraction of sp³-hybridized carbons (Fsp3) is 0.529. The van der Waals surface area contributed by atoms with Crippen molar-refractivity contribution in [3.05, 3.63) is 27.0 Å². The zero-order valence-corrected chi connectivity index (χ0v) is 16.1. The zero-order valence-electron chi connectivity index (χ0n) is 15.3. The SMILES string of the molecule is Cc1sc2cnn(CC(=O)O[C@@H](C)C(=O)NC(C)(C)C)c(=O)c2c1C. The van der Waals surface area contributed by atoms with Crippen LogP contribution >= 0.6 is 11.3 Å². The van der Waals surface area contributed by atoms with Gasteiger partial charge in [0, 0.05) is 10.4 Å². The number of hydrogen-bond donors (Lipinski definition) is 1. The smallest absolute Gasteiger partial charge is 0.328 e. The Labute approximate surface area is 150 Å². The number of carbonyl (C=O) groups excluding carboxylic acids is 2. The molecule has 0 radical (unpaired) electrons. The van der Waals surface area contributed by atoms with Gasteiger partial charge in [-0.25, -0.2) is 4.68 Å². The summed E-state index contributed by atoms with van der Waals surface area (Å²) in [7, 11) is 0. The van der Waals surface area contributed by atoms with E-state index in [1.54, 1.807) is 6.20 Å². The Morgan fingerprint density at radius 2 is 2.00 bits per heavy atom. The van der Waals surface area contributed by atoms with Crippen LogP contribution in [-0.2, 0) is 20.9 Å². The molecule has 25 heavy (non-hydrogen) atoms. The molecule has 0 unspecified atom stereocenters. The number of nitrogens with zero attached hydrogens (tertiary/aromatic N) is 2. The quantitative estimate of drug-likeness (QED) is 0.836. The highest BCUT2D eigenvalue weighted by Crippen LogP contribution is 2.26. The van der Waals surface area contributed by atoms with Crippen molar-refractivity contribution in [3.63, 3.8) is 0 Å². The van der Waals surface area contributed by atoms with Gasteiger partial charge in [0.15, 0.2) is 6.10 Å². The van der Waals surface area contributed by atoms with Gasteiger partial charge in [-0.05, 0) is 47.1 Å². The van der Waals surface area contributed by atoms with Gasteiger partial charge >= 0.3 is 5.97 Å². The third-order valence-electron chi connectivity index (χ3n) is 3.63. The molecule has 0 aliphatic carbocycles. The van der Waals surface area contributed by atoms with Gasteiger partial charge in [-0.1, -0.05) is 0 Å². The molecule has 136 valence electrons. The van der Waals surface area contributed by atoms with E-state index in [9.17, 15) is 14.4 Å². The molecular weight excluding hydrogens is 342 g/mol. The van der Waals surface area contributed by atoms with Crippen LogP contribution in [0.15, 0.2) is 11.0 Å². The van der Waals surface area contributed by atoms with Gasteiger partial charge in [-0.15, -0.1) is 11.3 Å². The number of esters is 1. The van der Waals surface area contributed by atoms with Crippen molar-refractivity contribution in [3.8, 4) is 0 Å². The summed E-state index contributed by atoms with van der Waals surface area (Å²) in [6.07, 6.45) is 0.626. The third-order valence-corrected chi connectivity index (χ3v) is 4.77. The Morgan fingerprint density at radius 3 is 2.60 bits per heavy atom. The molecule has 0 saturated carbocycles. The van der Waals surface area contributed by atoms with Gasteiger partial charge in [-0.2, -0.15) is 5.10 Å². The number of nitrogens with one attached hydrogen (secondary N) is 1. The number of amides is 1. The normalized spacial score (nSPS) is 12.9.